The standard InChI is InChI=1S/C25H30N8O/c1-31(2)11-12-32-10-9-21-17(16-32)7-8-22(28-21)29-25-27-15-19-13-18(14-26)24(34)33(23(19)30-25)20-5-3-4-6-20/h7-8,13,15,20H,3-6,9-12,16H2,1-2H3,(H,27,28,29,30). The van der Waals surface area contributed by atoms with Gasteiger partial charge in [0.15, 0.2) is 0 Å². The molecule has 5 rings (SSSR count). The van der Waals surface area contributed by atoms with E-state index in [9.17, 15) is 10.1 Å². The van der Waals surface area contributed by atoms with E-state index in [0.717, 1.165) is 64.0 Å². The van der Waals surface area contributed by atoms with Crippen molar-refractivity contribution in [2.24, 2.45) is 0 Å². The number of hydrogen-bond donors (Lipinski definition) is 1. The molecule has 4 heterocycles. The summed E-state index contributed by atoms with van der Waals surface area (Å²) in [5.41, 5.74) is 2.81. The lowest BCUT2D eigenvalue weighted by molar-refractivity contribution is 0.224. The van der Waals surface area contributed by atoms with Gasteiger partial charge in [0.05, 0.1) is 0 Å². The van der Waals surface area contributed by atoms with Crippen molar-refractivity contribution in [3.05, 3.63) is 51.6 Å². The van der Waals surface area contributed by atoms with Crippen LogP contribution in [0.15, 0.2) is 29.2 Å². The van der Waals surface area contributed by atoms with Crippen LogP contribution in [-0.4, -0.2) is 63.0 Å². The van der Waals surface area contributed by atoms with Crippen LogP contribution < -0.4 is 10.9 Å². The summed E-state index contributed by atoms with van der Waals surface area (Å²) < 4.78 is 1.70. The molecule has 0 aromatic carbocycles. The third kappa shape index (κ3) is 4.52. The molecule has 0 amide bonds. The number of likely N-dealkylation sites (N-methyl/N-ethyl adjacent to an activating group) is 1. The van der Waals surface area contributed by atoms with Crippen LogP contribution in [0, 0.1) is 11.3 Å². The molecule has 0 saturated heterocycles. The fourth-order valence-electron chi connectivity index (χ4n) is 4.95. The minimum atomic E-state index is -0.266. The van der Waals surface area contributed by atoms with Crippen LogP contribution in [0.4, 0.5) is 11.8 Å². The minimum Gasteiger partial charge on any atom is -0.309 e. The van der Waals surface area contributed by atoms with Gasteiger partial charge in [-0.05, 0) is 44.6 Å². The van der Waals surface area contributed by atoms with E-state index in [1.165, 1.54) is 5.56 Å². The summed E-state index contributed by atoms with van der Waals surface area (Å²) in [7, 11) is 4.20. The Morgan fingerprint density at radius 3 is 2.82 bits per heavy atom. The molecule has 0 atom stereocenters. The number of fused-ring (bicyclic) bond motifs is 2. The lowest BCUT2D eigenvalue weighted by atomic mass is 10.1. The number of nitrogens with one attached hydrogen (secondary N) is 1. The molecular formula is C25H30N8O. The van der Waals surface area contributed by atoms with E-state index in [1.807, 2.05) is 12.1 Å². The first-order chi connectivity index (χ1) is 16.5. The van der Waals surface area contributed by atoms with E-state index in [2.05, 4.69) is 40.3 Å². The average molecular weight is 459 g/mol. The zero-order valence-electron chi connectivity index (χ0n) is 19.8. The largest absolute Gasteiger partial charge is 0.309 e. The number of pyridine rings is 2. The van der Waals surface area contributed by atoms with Gasteiger partial charge in [-0.1, -0.05) is 18.9 Å². The maximum Gasteiger partial charge on any atom is 0.270 e. The Balaban J connectivity index is 1.41. The topological polar surface area (TPSA) is 103 Å². The zero-order chi connectivity index (χ0) is 23.7. The van der Waals surface area contributed by atoms with Crippen molar-refractivity contribution in [2.75, 3.05) is 39.0 Å². The predicted octanol–water partition coefficient (Wildman–Crippen LogP) is 2.84. The van der Waals surface area contributed by atoms with Crippen LogP contribution in [-0.2, 0) is 13.0 Å². The Hall–Kier alpha value is -3.35. The van der Waals surface area contributed by atoms with Gasteiger partial charge in [0.25, 0.3) is 5.56 Å². The molecule has 0 radical (unpaired) electrons. The molecule has 2 aliphatic rings. The number of rotatable bonds is 6. The fourth-order valence-corrected chi connectivity index (χ4v) is 4.95. The molecule has 9 heteroatoms. The van der Waals surface area contributed by atoms with Gasteiger partial charge in [-0.15, -0.1) is 0 Å². The van der Waals surface area contributed by atoms with Gasteiger partial charge >= 0.3 is 0 Å². The quantitative estimate of drug-likeness (QED) is 0.602. The van der Waals surface area contributed by atoms with Gasteiger partial charge < -0.3 is 10.2 Å². The van der Waals surface area contributed by atoms with Crippen molar-refractivity contribution in [1.82, 2.24) is 29.3 Å². The number of aromatic nitrogens is 4. The van der Waals surface area contributed by atoms with E-state index < -0.39 is 0 Å². The van der Waals surface area contributed by atoms with Crippen LogP contribution in [0.3, 0.4) is 0 Å². The lowest BCUT2D eigenvalue weighted by Gasteiger charge is -2.29. The highest BCUT2D eigenvalue weighted by molar-refractivity contribution is 5.77. The molecule has 3 aromatic rings. The Morgan fingerprint density at radius 2 is 2.06 bits per heavy atom. The Labute approximate surface area is 199 Å². The van der Waals surface area contributed by atoms with E-state index in [1.54, 1.807) is 16.8 Å². The molecule has 0 spiro atoms. The van der Waals surface area contributed by atoms with E-state index in [4.69, 9.17) is 9.97 Å². The highest BCUT2D eigenvalue weighted by Crippen LogP contribution is 2.31. The maximum absolute atomic E-state index is 13.0. The highest BCUT2D eigenvalue weighted by Gasteiger charge is 2.23. The minimum absolute atomic E-state index is 0.0726. The molecule has 1 N–H and O–H groups in total. The second kappa shape index (κ2) is 9.49. The molecule has 9 nitrogen and oxygen atoms in total. The molecule has 1 aliphatic heterocycles. The Bertz CT molecular complexity index is 1300. The van der Waals surface area contributed by atoms with Crippen molar-refractivity contribution >= 4 is 22.8 Å². The van der Waals surface area contributed by atoms with Gasteiger partial charge in [0.1, 0.15) is 23.1 Å². The maximum atomic E-state index is 13.0. The second-order valence-corrected chi connectivity index (χ2v) is 9.51. The summed E-state index contributed by atoms with van der Waals surface area (Å²) in [6.45, 7) is 4.01. The summed E-state index contributed by atoms with van der Waals surface area (Å²) in [6, 6.07) is 7.78. The number of hydrogen-bond acceptors (Lipinski definition) is 8. The third-order valence-electron chi connectivity index (χ3n) is 6.81. The molecule has 176 valence electrons. The van der Waals surface area contributed by atoms with Crippen LogP contribution >= 0.6 is 0 Å². The Kier molecular flexibility index (Phi) is 6.26. The predicted molar refractivity (Wildman–Crippen MR) is 131 cm³/mol. The van der Waals surface area contributed by atoms with Crippen molar-refractivity contribution in [2.45, 2.75) is 44.7 Å². The van der Waals surface area contributed by atoms with E-state index in [-0.39, 0.29) is 17.2 Å². The second-order valence-electron chi connectivity index (χ2n) is 9.51. The van der Waals surface area contributed by atoms with Crippen LogP contribution in [0.2, 0.25) is 0 Å². The fraction of sp³-hybridized carbons (Fsp3) is 0.480. The highest BCUT2D eigenvalue weighted by atomic mass is 16.1. The molecule has 1 saturated carbocycles. The van der Waals surface area contributed by atoms with Gasteiger partial charge in [0.2, 0.25) is 5.95 Å². The first-order valence-corrected chi connectivity index (χ1v) is 12.0. The van der Waals surface area contributed by atoms with E-state index in [0.29, 0.717) is 22.8 Å². The van der Waals surface area contributed by atoms with Crippen molar-refractivity contribution < 1.29 is 0 Å². The molecule has 1 aliphatic carbocycles. The average Bonchev–Trinajstić information content (AvgIpc) is 3.36. The molecule has 0 bridgehead atoms. The Morgan fingerprint density at radius 1 is 1.24 bits per heavy atom. The number of nitrogens with zero attached hydrogens (tertiary/aromatic N) is 7. The summed E-state index contributed by atoms with van der Waals surface area (Å²) >= 11 is 0. The van der Waals surface area contributed by atoms with Crippen molar-refractivity contribution in [1.29, 1.82) is 5.26 Å². The van der Waals surface area contributed by atoms with Gasteiger partial charge in [-0.2, -0.15) is 10.2 Å². The lowest BCUT2D eigenvalue weighted by Crippen LogP contribution is -2.36. The van der Waals surface area contributed by atoms with Crippen LogP contribution in [0.25, 0.3) is 11.0 Å². The molecule has 34 heavy (non-hydrogen) atoms. The zero-order valence-corrected chi connectivity index (χ0v) is 19.8. The first kappa shape index (κ1) is 22.4. The molecule has 1 fully saturated rings. The summed E-state index contributed by atoms with van der Waals surface area (Å²) in [6.07, 6.45) is 6.60. The van der Waals surface area contributed by atoms with Crippen molar-refractivity contribution in [3.63, 3.8) is 0 Å². The van der Waals surface area contributed by atoms with E-state index >= 15 is 0 Å². The first-order valence-electron chi connectivity index (χ1n) is 12.0. The smallest absolute Gasteiger partial charge is 0.270 e. The van der Waals surface area contributed by atoms with Crippen molar-refractivity contribution in [3.8, 4) is 6.07 Å². The molecular weight excluding hydrogens is 428 g/mol. The number of anilines is 2. The summed E-state index contributed by atoms with van der Waals surface area (Å²) in [5, 5.41) is 13.4. The molecule has 0 unspecified atom stereocenters. The van der Waals surface area contributed by atoms with Crippen LogP contribution in [0.5, 0.6) is 0 Å². The summed E-state index contributed by atoms with van der Waals surface area (Å²) in [5.74, 6) is 1.10. The van der Waals surface area contributed by atoms with Crippen LogP contribution in [0.1, 0.15) is 48.5 Å². The number of nitriles is 1. The SMILES string of the molecule is CN(C)CCN1CCc2nc(Nc3ncc4cc(C#N)c(=O)n(C5CCCC5)c4n3)ccc2C1. The van der Waals surface area contributed by atoms with Gasteiger partial charge in [-0.25, -0.2) is 9.97 Å². The summed E-state index contributed by atoms with van der Waals surface area (Å²) in [4.78, 5) is 31.6. The normalized spacial score (nSPS) is 16.6. The van der Waals surface area contributed by atoms with Gasteiger partial charge in [0, 0.05) is 55.9 Å². The van der Waals surface area contributed by atoms with Gasteiger partial charge in [-0.3, -0.25) is 14.3 Å². The third-order valence-corrected chi connectivity index (χ3v) is 6.81. The molecule has 3 aromatic heterocycles. The monoisotopic (exact) mass is 458 g/mol.